The molecule has 0 spiro atoms. The molecule has 2 aromatic rings. The Morgan fingerprint density at radius 2 is 1.56 bits per heavy atom. The number of benzene rings is 1. The van der Waals surface area contributed by atoms with Gasteiger partial charge in [0.2, 0.25) is 6.79 Å². The van der Waals surface area contributed by atoms with Gasteiger partial charge in [-0.3, -0.25) is 33.4 Å². The second-order valence-electron chi connectivity index (χ2n) is 7.97. The minimum atomic E-state index is -1.33. The van der Waals surface area contributed by atoms with Gasteiger partial charge >= 0.3 is 17.9 Å². The van der Waals surface area contributed by atoms with Gasteiger partial charge in [0.15, 0.2) is 11.5 Å². The fourth-order valence-electron chi connectivity index (χ4n) is 3.84. The predicted octanol–water partition coefficient (Wildman–Crippen LogP) is 0.0950. The number of thioether (sulfide) groups is 2. The van der Waals surface area contributed by atoms with Gasteiger partial charge in [-0.25, -0.2) is 0 Å². The number of anilines is 1. The highest BCUT2D eigenvalue weighted by atomic mass is 32.2. The summed E-state index contributed by atoms with van der Waals surface area (Å²) < 4.78 is 11.8. The largest absolute Gasteiger partial charge is 0.480 e. The molecule has 1 aromatic carbocycles. The van der Waals surface area contributed by atoms with E-state index in [0.29, 0.717) is 27.1 Å². The molecule has 3 aliphatic heterocycles. The molecule has 0 aliphatic carbocycles. The molecule has 0 unspecified atom stereocenters. The highest BCUT2D eigenvalue weighted by Gasteiger charge is 2.35. The normalized spacial score (nSPS) is 18.9. The number of fused-ring (bicyclic) bond motifs is 2. The van der Waals surface area contributed by atoms with E-state index in [9.17, 15) is 34.2 Å². The molecule has 1 amide bonds. The molecule has 3 aliphatic rings. The van der Waals surface area contributed by atoms with Crippen LogP contribution in [0.25, 0.3) is 11.0 Å². The number of nitrogens with zero attached hydrogens (tertiary/aromatic N) is 3. The topological polar surface area (TPSA) is 176 Å². The summed E-state index contributed by atoms with van der Waals surface area (Å²) in [7, 11) is 0. The molecule has 5 rings (SSSR count). The summed E-state index contributed by atoms with van der Waals surface area (Å²) in [6.07, 6.45) is 2.94. The second kappa shape index (κ2) is 10.4. The highest BCUT2D eigenvalue weighted by Crippen LogP contribution is 2.51. The highest BCUT2D eigenvalue weighted by molar-refractivity contribution is 8.30. The number of aromatic nitrogens is 1. The molecule has 1 aromatic heterocycles. The number of thiazole rings is 1. The van der Waals surface area contributed by atoms with Gasteiger partial charge in [-0.2, -0.15) is 0 Å². The smallest absolute Gasteiger partial charge is 0.323 e. The average Bonchev–Trinajstić information content (AvgIpc) is 3.59. The van der Waals surface area contributed by atoms with Crippen molar-refractivity contribution in [3.63, 3.8) is 0 Å². The number of thiocarbonyl (C=S) groups is 1. The lowest BCUT2D eigenvalue weighted by atomic mass is 10.2. The van der Waals surface area contributed by atoms with E-state index in [1.807, 2.05) is 0 Å². The van der Waals surface area contributed by atoms with E-state index in [2.05, 4.69) is 0 Å². The Morgan fingerprint density at radius 1 is 0.923 bits per heavy atom. The quantitative estimate of drug-likeness (QED) is 0.360. The van der Waals surface area contributed by atoms with Gasteiger partial charge in [-0.1, -0.05) is 35.7 Å². The number of amides is 1. The van der Waals surface area contributed by atoms with E-state index in [0.717, 1.165) is 32.6 Å². The molecular formula is C22H15N3O10S4. The van der Waals surface area contributed by atoms with Crippen LogP contribution in [0.4, 0.5) is 5.69 Å². The number of carboxylic acids is 3. The number of allylic oxidation sites excluding steroid dienone is 1. The Hall–Kier alpha value is -3.80. The van der Waals surface area contributed by atoms with Gasteiger partial charge in [0.05, 0.1) is 15.2 Å². The Kier molecular flexibility index (Phi) is 7.15. The van der Waals surface area contributed by atoms with Crippen LogP contribution in [0.2, 0.25) is 0 Å². The van der Waals surface area contributed by atoms with Crippen molar-refractivity contribution in [1.82, 2.24) is 9.47 Å². The molecular weight excluding hydrogens is 595 g/mol. The number of hydrogen-bond acceptors (Lipinski definition) is 12. The van der Waals surface area contributed by atoms with Gasteiger partial charge in [0, 0.05) is 17.0 Å². The first-order valence-electron chi connectivity index (χ1n) is 10.8. The lowest BCUT2D eigenvalue weighted by Gasteiger charge is -2.17. The number of aliphatic carboxylic acids is 3. The summed E-state index contributed by atoms with van der Waals surface area (Å²) in [6, 6.07) is 3.40. The van der Waals surface area contributed by atoms with Crippen molar-refractivity contribution in [3.05, 3.63) is 42.8 Å². The van der Waals surface area contributed by atoms with Crippen LogP contribution >= 0.6 is 47.1 Å². The zero-order chi connectivity index (χ0) is 28.0. The summed E-state index contributed by atoms with van der Waals surface area (Å²) in [4.78, 5) is 63.3. The maximum atomic E-state index is 13.2. The van der Waals surface area contributed by atoms with E-state index in [4.69, 9.17) is 26.8 Å². The van der Waals surface area contributed by atoms with Crippen molar-refractivity contribution in [2.75, 3.05) is 24.8 Å². The van der Waals surface area contributed by atoms with E-state index in [1.54, 1.807) is 12.1 Å². The van der Waals surface area contributed by atoms with Crippen LogP contribution in [0, 0.1) is 0 Å². The van der Waals surface area contributed by atoms with E-state index < -0.39 is 42.5 Å². The molecule has 39 heavy (non-hydrogen) atoms. The Balaban J connectivity index is 1.60. The molecule has 0 saturated carbocycles. The Bertz CT molecular complexity index is 1690. The van der Waals surface area contributed by atoms with Crippen LogP contribution in [0.3, 0.4) is 0 Å². The van der Waals surface area contributed by atoms with Crippen LogP contribution in [-0.2, 0) is 25.7 Å². The van der Waals surface area contributed by atoms with Crippen LogP contribution in [0.1, 0.15) is 0 Å². The van der Waals surface area contributed by atoms with E-state index in [1.165, 1.54) is 28.8 Å². The number of ether oxygens (including phenoxy) is 2. The number of rotatable bonds is 7. The van der Waals surface area contributed by atoms with Crippen molar-refractivity contribution in [3.8, 4) is 11.5 Å². The molecule has 3 N–H and O–H groups in total. The van der Waals surface area contributed by atoms with Gasteiger partial charge in [-0.05, 0) is 12.2 Å². The lowest BCUT2D eigenvalue weighted by molar-refractivity contribution is -0.140. The SMILES string of the molecule is O=C(O)CN1C(=O)C(=c2sc(=CC=C3Sc4cc5c(cc4N3CC(=O)O)OCO5)c(=O)n2CC(=O)O)SC1=S. The zero-order valence-corrected chi connectivity index (χ0v) is 22.6. The molecule has 0 atom stereocenters. The minimum absolute atomic E-state index is 0.0211. The molecule has 1 fully saturated rings. The maximum absolute atomic E-state index is 13.2. The molecule has 1 saturated heterocycles. The summed E-state index contributed by atoms with van der Waals surface area (Å²) in [5, 5.41) is 28.4. The molecule has 202 valence electrons. The summed E-state index contributed by atoms with van der Waals surface area (Å²) in [5.74, 6) is -3.46. The summed E-state index contributed by atoms with van der Waals surface area (Å²) in [6.45, 7) is -1.74. The first kappa shape index (κ1) is 26.8. The molecule has 0 bridgehead atoms. The van der Waals surface area contributed by atoms with Gasteiger partial charge in [-0.15, -0.1) is 11.3 Å². The third-order valence-electron chi connectivity index (χ3n) is 5.43. The molecule has 17 heteroatoms. The van der Waals surface area contributed by atoms with Crippen molar-refractivity contribution < 1.29 is 44.0 Å². The van der Waals surface area contributed by atoms with Crippen LogP contribution in [0.5, 0.6) is 11.5 Å². The predicted molar refractivity (Wildman–Crippen MR) is 144 cm³/mol. The second-order valence-corrected chi connectivity index (χ2v) is 11.7. The molecule has 4 heterocycles. The third-order valence-corrected chi connectivity index (χ3v) is 9.26. The Labute approximate surface area is 235 Å². The van der Waals surface area contributed by atoms with Crippen molar-refractivity contribution >= 4 is 91.9 Å². The Morgan fingerprint density at radius 3 is 2.23 bits per heavy atom. The first-order valence-corrected chi connectivity index (χ1v) is 13.6. The monoisotopic (exact) mass is 609 g/mol. The van der Waals surface area contributed by atoms with Crippen molar-refractivity contribution in [2.24, 2.45) is 0 Å². The van der Waals surface area contributed by atoms with Crippen LogP contribution in [0.15, 0.2) is 32.9 Å². The van der Waals surface area contributed by atoms with Gasteiger partial charge in [0.1, 0.15) is 33.5 Å². The number of carboxylic acid groups (broad SMARTS) is 3. The van der Waals surface area contributed by atoms with Crippen LogP contribution in [-0.4, -0.2) is 72.8 Å². The fourth-order valence-corrected chi connectivity index (χ4v) is 7.37. The first-order chi connectivity index (χ1) is 18.5. The maximum Gasteiger partial charge on any atom is 0.323 e. The number of carbonyl (C=O) groups is 4. The van der Waals surface area contributed by atoms with Gasteiger partial charge < -0.3 is 29.7 Å². The summed E-state index contributed by atoms with van der Waals surface area (Å²) >= 11 is 7.98. The third kappa shape index (κ3) is 5.12. The van der Waals surface area contributed by atoms with E-state index in [-0.39, 0.29) is 31.8 Å². The van der Waals surface area contributed by atoms with Crippen molar-refractivity contribution in [1.29, 1.82) is 0 Å². The fraction of sp³-hybridized carbons (Fsp3) is 0.182. The standard InChI is InChI=1S/C22H15N3O10S4/c26-15(27)5-23-9-3-10-11(35-8-34-10)4-13(9)37-14(23)2-1-12-19(32)24(6-16(28)29)21(38-12)18-20(33)25(7-17(30)31)22(36)39-18/h1-4H,5-8H2,(H,26,27)(H,28,29)(H,30,31). The van der Waals surface area contributed by atoms with E-state index >= 15 is 0 Å². The van der Waals surface area contributed by atoms with Gasteiger partial charge in [0.25, 0.3) is 11.5 Å². The summed E-state index contributed by atoms with van der Waals surface area (Å²) in [5.41, 5.74) is -0.110. The zero-order valence-electron chi connectivity index (χ0n) is 19.3. The number of hydrogen-bond donors (Lipinski definition) is 3. The van der Waals surface area contributed by atoms with Crippen LogP contribution < -0.4 is 29.1 Å². The number of carbonyl (C=O) groups excluding carboxylic acids is 1. The molecule has 0 radical (unpaired) electrons. The molecule has 13 nitrogen and oxygen atoms in total. The minimum Gasteiger partial charge on any atom is -0.480 e. The lowest BCUT2D eigenvalue weighted by Crippen LogP contribution is -2.36. The van der Waals surface area contributed by atoms with Crippen molar-refractivity contribution in [2.45, 2.75) is 11.4 Å². The average molecular weight is 610 g/mol.